The summed E-state index contributed by atoms with van der Waals surface area (Å²) >= 11 is 1.19. The molecule has 0 spiro atoms. The van der Waals surface area contributed by atoms with Gasteiger partial charge in [-0.05, 0) is 19.1 Å². The van der Waals surface area contributed by atoms with Crippen molar-refractivity contribution in [3.05, 3.63) is 87.2 Å². The molecule has 0 unspecified atom stereocenters. The summed E-state index contributed by atoms with van der Waals surface area (Å²) < 4.78 is 1.65. The molecule has 0 radical (unpaired) electrons. The van der Waals surface area contributed by atoms with E-state index < -0.39 is 0 Å². The lowest BCUT2D eigenvalue weighted by molar-refractivity contribution is -0.112. The zero-order valence-electron chi connectivity index (χ0n) is 15.6. The van der Waals surface area contributed by atoms with Crippen LogP contribution in [0.5, 0.6) is 0 Å². The van der Waals surface area contributed by atoms with E-state index >= 15 is 0 Å². The molecular weight excluding hydrogens is 384 g/mol. The zero-order valence-corrected chi connectivity index (χ0v) is 16.4. The van der Waals surface area contributed by atoms with Crippen LogP contribution in [0.25, 0.3) is 21.9 Å². The molecule has 1 aliphatic heterocycles. The Balaban J connectivity index is 1.73. The van der Waals surface area contributed by atoms with Gasteiger partial charge in [-0.25, -0.2) is 0 Å². The third-order valence-electron chi connectivity index (χ3n) is 4.90. The van der Waals surface area contributed by atoms with Crippen molar-refractivity contribution < 1.29 is 4.79 Å². The number of aryl methyl sites for hydroxylation is 1. The fraction of sp³-hybridized carbons (Fsp3) is 0.0909. The lowest BCUT2D eigenvalue weighted by Crippen LogP contribution is -2.32. The Bertz CT molecular complexity index is 1420. The summed E-state index contributed by atoms with van der Waals surface area (Å²) in [5.74, 6) is 0.298. The normalized spacial score (nSPS) is 15.2. The van der Waals surface area contributed by atoms with Gasteiger partial charge in [0, 0.05) is 17.7 Å². The van der Waals surface area contributed by atoms with Crippen molar-refractivity contribution in [3.63, 3.8) is 0 Å². The Morgan fingerprint density at radius 3 is 2.72 bits per heavy atom. The highest BCUT2D eigenvalue weighted by Gasteiger charge is 2.33. The molecule has 29 heavy (non-hydrogen) atoms. The molecule has 0 atom stereocenters. The number of amides is 1. The highest BCUT2D eigenvalue weighted by Crippen LogP contribution is 2.35. The minimum Gasteiger partial charge on any atom is -0.304 e. The summed E-state index contributed by atoms with van der Waals surface area (Å²) in [6.07, 6.45) is 1.67. The van der Waals surface area contributed by atoms with Gasteiger partial charge in [0.15, 0.2) is 5.82 Å². The van der Waals surface area contributed by atoms with Crippen LogP contribution in [0.1, 0.15) is 11.1 Å². The van der Waals surface area contributed by atoms with Crippen LogP contribution in [0.2, 0.25) is 0 Å². The molecule has 4 aromatic rings. The van der Waals surface area contributed by atoms with Crippen LogP contribution >= 0.6 is 11.3 Å². The Kier molecular flexibility index (Phi) is 3.92. The number of benzene rings is 2. The molecule has 1 aliphatic rings. The summed E-state index contributed by atoms with van der Waals surface area (Å²) in [7, 11) is 0. The molecule has 0 aliphatic carbocycles. The monoisotopic (exact) mass is 400 g/mol. The molecular formula is C22H16N4O2S. The molecule has 3 heterocycles. The van der Waals surface area contributed by atoms with Crippen molar-refractivity contribution in [3.8, 4) is 11.4 Å². The van der Waals surface area contributed by atoms with Gasteiger partial charge in [0.25, 0.3) is 11.5 Å². The van der Waals surface area contributed by atoms with E-state index in [-0.39, 0.29) is 11.5 Å². The summed E-state index contributed by atoms with van der Waals surface area (Å²) in [5.41, 5.74) is 3.56. The number of fused-ring (bicyclic) bond motifs is 2. The van der Waals surface area contributed by atoms with E-state index in [9.17, 15) is 9.59 Å². The van der Waals surface area contributed by atoms with Crippen LogP contribution in [0.4, 0.5) is 5.69 Å². The van der Waals surface area contributed by atoms with Gasteiger partial charge in [-0.2, -0.15) is 9.50 Å². The molecule has 142 valence electrons. The van der Waals surface area contributed by atoms with Crippen LogP contribution < -0.4 is 15.0 Å². The van der Waals surface area contributed by atoms with E-state index in [4.69, 9.17) is 0 Å². The second-order valence-corrected chi connectivity index (χ2v) is 7.81. The first kappa shape index (κ1) is 17.5. The number of aromatic nitrogens is 3. The molecule has 7 heteroatoms. The minimum atomic E-state index is -0.324. The van der Waals surface area contributed by atoms with Gasteiger partial charge < -0.3 is 4.90 Å². The number of carbonyl (C=O) groups is 1. The maximum absolute atomic E-state index is 13.1. The highest BCUT2D eigenvalue weighted by molar-refractivity contribution is 7.15. The average Bonchev–Trinajstić information content (AvgIpc) is 3.34. The molecule has 2 aromatic carbocycles. The maximum Gasteiger partial charge on any atom is 0.291 e. The third-order valence-corrected chi connectivity index (χ3v) is 5.93. The van der Waals surface area contributed by atoms with E-state index in [1.54, 1.807) is 11.0 Å². The molecule has 0 saturated heterocycles. The van der Waals surface area contributed by atoms with Crippen molar-refractivity contribution in [2.24, 2.45) is 0 Å². The van der Waals surface area contributed by atoms with Crippen LogP contribution in [-0.4, -0.2) is 27.0 Å². The van der Waals surface area contributed by atoms with Gasteiger partial charge in [0.2, 0.25) is 4.96 Å². The molecule has 6 nitrogen and oxygen atoms in total. The SMILES string of the molecule is C=CCN1C(=O)/C(=c2\sc3nc(-c4cccc(C)c4)nn3c2=O)c2ccccc21. The Hall–Kier alpha value is -3.58. The molecule has 0 fully saturated rings. The number of para-hydroxylation sites is 1. The van der Waals surface area contributed by atoms with Gasteiger partial charge in [0.05, 0.1) is 11.3 Å². The topological polar surface area (TPSA) is 67.6 Å². The Morgan fingerprint density at radius 1 is 1.14 bits per heavy atom. The van der Waals surface area contributed by atoms with Crippen LogP contribution in [0, 0.1) is 6.92 Å². The number of rotatable bonds is 3. The first-order chi connectivity index (χ1) is 14.1. The predicted octanol–water partition coefficient (Wildman–Crippen LogP) is 2.58. The number of hydrogen-bond acceptors (Lipinski definition) is 5. The van der Waals surface area contributed by atoms with Crippen molar-refractivity contribution in [1.82, 2.24) is 14.6 Å². The van der Waals surface area contributed by atoms with Gasteiger partial charge >= 0.3 is 0 Å². The van der Waals surface area contributed by atoms with E-state index in [1.165, 1.54) is 15.9 Å². The van der Waals surface area contributed by atoms with Crippen LogP contribution in [-0.2, 0) is 4.79 Å². The summed E-state index contributed by atoms with van der Waals surface area (Å²) in [6.45, 7) is 6.11. The molecule has 5 rings (SSSR count). The van der Waals surface area contributed by atoms with Gasteiger partial charge in [-0.15, -0.1) is 11.7 Å². The number of nitrogens with zero attached hydrogens (tertiary/aromatic N) is 4. The van der Waals surface area contributed by atoms with Crippen molar-refractivity contribution in [2.75, 3.05) is 11.4 Å². The molecule has 1 amide bonds. The Morgan fingerprint density at radius 2 is 1.97 bits per heavy atom. The third kappa shape index (κ3) is 2.62. The number of carbonyl (C=O) groups excluding carboxylic acids is 1. The Labute approximate surface area is 170 Å². The summed E-state index contributed by atoms with van der Waals surface area (Å²) in [6, 6.07) is 15.3. The van der Waals surface area contributed by atoms with E-state index in [0.29, 0.717) is 27.4 Å². The smallest absolute Gasteiger partial charge is 0.291 e. The van der Waals surface area contributed by atoms with Crippen LogP contribution in [0.15, 0.2) is 66.0 Å². The van der Waals surface area contributed by atoms with E-state index in [0.717, 1.165) is 22.4 Å². The van der Waals surface area contributed by atoms with Crippen molar-refractivity contribution in [2.45, 2.75) is 6.92 Å². The maximum atomic E-state index is 13.1. The molecule has 2 aromatic heterocycles. The van der Waals surface area contributed by atoms with Crippen LogP contribution in [0.3, 0.4) is 0 Å². The van der Waals surface area contributed by atoms with Gasteiger partial charge in [-0.3, -0.25) is 9.59 Å². The van der Waals surface area contributed by atoms with E-state index in [2.05, 4.69) is 16.7 Å². The minimum absolute atomic E-state index is 0.202. The second-order valence-electron chi connectivity index (χ2n) is 6.83. The lowest BCUT2D eigenvalue weighted by atomic mass is 10.1. The average molecular weight is 400 g/mol. The van der Waals surface area contributed by atoms with Crippen molar-refractivity contribution >= 4 is 33.5 Å². The zero-order chi connectivity index (χ0) is 20.1. The fourth-order valence-electron chi connectivity index (χ4n) is 3.60. The quantitative estimate of drug-likeness (QED) is 0.496. The second kappa shape index (κ2) is 6.49. The first-order valence-corrected chi connectivity index (χ1v) is 9.93. The summed E-state index contributed by atoms with van der Waals surface area (Å²) in [4.78, 5) is 32.8. The molecule has 0 N–H and O–H groups in total. The standard InChI is InChI=1S/C22H16N4O2S/c1-3-11-25-16-10-5-4-9-15(16)17(20(25)27)18-21(28)26-22(29-18)23-19(24-26)14-8-6-7-13(2)12-14/h3-10,12H,1,11H2,2H3/b18-17-. The largest absolute Gasteiger partial charge is 0.304 e. The predicted molar refractivity (Wildman–Crippen MR) is 114 cm³/mol. The number of thiazole rings is 1. The van der Waals surface area contributed by atoms with Gasteiger partial charge in [-0.1, -0.05) is 59.4 Å². The summed E-state index contributed by atoms with van der Waals surface area (Å²) in [5, 5.41) is 4.40. The lowest BCUT2D eigenvalue weighted by Gasteiger charge is -2.13. The molecule has 0 bridgehead atoms. The van der Waals surface area contributed by atoms with Gasteiger partial charge in [0.1, 0.15) is 4.53 Å². The van der Waals surface area contributed by atoms with Crippen molar-refractivity contribution in [1.29, 1.82) is 0 Å². The first-order valence-electron chi connectivity index (χ1n) is 9.11. The highest BCUT2D eigenvalue weighted by atomic mass is 32.1. The fourth-order valence-corrected chi connectivity index (χ4v) is 4.60. The number of anilines is 1. The van der Waals surface area contributed by atoms with E-state index in [1.807, 2.05) is 55.5 Å². The number of hydrogen-bond donors (Lipinski definition) is 0. The molecule has 0 saturated carbocycles.